The van der Waals surface area contributed by atoms with E-state index in [-0.39, 0.29) is 42.2 Å². The van der Waals surface area contributed by atoms with Crippen molar-refractivity contribution in [3.63, 3.8) is 0 Å². The summed E-state index contributed by atoms with van der Waals surface area (Å²) in [5.41, 5.74) is 5.53. The minimum absolute atomic E-state index is 0.0522. The number of para-hydroxylation sites is 1. The lowest BCUT2D eigenvalue weighted by molar-refractivity contribution is -0.146. The number of carbonyl (C=O) groups excluding carboxylic acids is 1. The molecular weight excluding hydrogens is 823 g/mol. The number of esters is 1. The van der Waals surface area contributed by atoms with Gasteiger partial charge in [-0.05, 0) is 37.5 Å². The first-order valence-electron chi connectivity index (χ1n) is 23.6. The third-order valence-corrected chi connectivity index (χ3v) is 13.4. The highest BCUT2D eigenvalue weighted by atomic mass is 31.2. The van der Waals surface area contributed by atoms with E-state index in [1.54, 1.807) is 37.3 Å². The second kappa shape index (κ2) is 26.8. The molecule has 4 aromatic rings. The van der Waals surface area contributed by atoms with E-state index >= 15 is 0 Å². The average molecular weight is 895 g/mol. The zero-order chi connectivity index (χ0) is 44.8. The van der Waals surface area contributed by atoms with Crippen LogP contribution in [-0.4, -0.2) is 61.6 Å². The van der Waals surface area contributed by atoms with Gasteiger partial charge in [0.15, 0.2) is 17.0 Å². The Kier molecular flexibility index (Phi) is 21.3. The summed E-state index contributed by atoms with van der Waals surface area (Å²) in [6.45, 7) is 3.70. The van der Waals surface area contributed by atoms with Crippen LogP contribution in [0, 0.1) is 6.08 Å². The van der Waals surface area contributed by atoms with Crippen molar-refractivity contribution in [1.29, 1.82) is 0 Å². The van der Waals surface area contributed by atoms with Crippen molar-refractivity contribution in [3.05, 3.63) is 78.6 Å². The van der Waals surface area contributed by atoms with Gasteiger partial charge in [0.1, 0.15) is 23.6 Å². The molecule has 1 unspecified atom stereocenters. The number of imidazole rings is 1. The Bertz CT molecular complexity index is 1960. The standard InChI is InChI=1S/C48H72FN6O7P/c1-3-4-5-6-7-8-9-10-11-12-13-14-15-16-17-18-19-20-21-28-33-59-46(57)40(34-38-29-24-22-25-30-38)54-63(58,62-39-31-26-23-27-32-39)60-36-48(2)41(56)35-42(61-48)55-37-51-43-44(50)52-47(49)53-45(43)55/h22-27,29-32,37,40-42,56H,3-21,28,33-36H2,1-2H3,(H,54,58)(H2,50,52,53)/t40-,41-,42+,48+,63?/m0/s1. The molecule has 13 nitrogen and oxygen atoms in total. The maximum Gasteiger partial charge on any atom is 0.459 e. The van der Waals surface area contributed by atoms with Crippen LogP contribution < -0.4 is 15.3 Å². The summed E-state index contributed by atoms with van der Waals surface area (Å²) >= 11 is 0. The van der Waals surface area contributed by atoms with E-state index in [2.05, 4.69) is 27.0 Å². The van der Waals surface area contributed by atoms with Gasteiger partial charge in [0.25, 0.3) is 0 Å². The van der Waals surface area contributed by atoms with Gasteiger partial charge in [0.05, 0.1) is 25.6 Å². The van der Waals surface area contributed by atoms with Crippen LogP contribution in [0.15, 0.2) is 67.0 Å². The van der Waals surface area contributed by atoms with E-state index in [9.17, 15) is 18.9 Å². The SMILES string of the molecule is CCCCCCCCCCCCCCCCCCCCCCOC(=O)[C@H](Cc1ccccc1)NP(=O)(OC[C@@]1(C)O[C@@H](n2cnc3c(N)nc(F)nc32)C[C@@H]1O)Oc1ccccc1. The van der Waals surface area contributed by atoms with Crippen molar-refractivity contribution < 1.29 is 37.4 Å². The number of nitrogen functional groups attached to an aromatic ring is 1. The fourth-order valence-corrected chi connectivity index (χ4v) is 9.66. The monoisotopic (exact) mass is 895 g/mol. The Balaban J connectivity index is 1.06. The molecule has 4 N–H and O–H groups in total. The van der Waals surface area contributed by atoms with Crippen molar-refractivity contribution in [1.82, 2.24) is 24.6 Å². The molecule has 2 aromatic heterocycles. The van der Waals surface area contributed by atoms with Gasteiger partial charge in [-0.1, -0.05) is 177 Å². The lowest BCUT2D eigenvalue weighted by Gasteiger charge is -2.31. The Morgan fingerprint density at radius 1 is 0.873 bits per heavy atom. The predicted octanol–water partition coefficient (Wildman–Crippen LogP) is 11.4. The second-order valence-corrected chi connectivity index (χ2v) is 19.0. The number of aliphatic hydroxyl groups excluding tert-OH is 1. The summed E-state index contributed by atoms with van der Waals surface area (Å²) in [5.74, 6) is -0.471. The van der Waals surface area contributed by atoms with E-state index in [1.807, 2.05) is 30.3 Å². The number of halogens is 1. The first-order valence-corrected chi connectivity index (χ1v) is 25.1. The van der Waals surface area contributed by atoms with Crippen LogP contribution in [0.5, 0.6) is 5.75 Å². The second-order valence-electron chi connectivity index (χ2n) is 17.3. The van der Waals surface area contributed by atoms with Crippen LogP contribution in [-0.2, 0) is 29.8 Å². The lowest BCUT2D eigenvalue weighted by Crippen LogP contribution is -2.43. The number of rotatable bonds is 32. The van der Waals surface area contributed by atoms with Crippen LogP contribution in [0.2, 0.25) is 0 Å². The number of anilines is 1. The van der Waals surface area contributed by atoms with Crippen LogP contribution in [0.3, 0.4) is 0 Å². The van der Waals surface area contributed by atoms with Gasteiger partial charge < -0.3 is 24.8 Å². The first kappa shape index (κ1) is 50.1. The quantitative estimate of drug-likeness (QED) is 0.0184. The highest BCUT2D eigenvalue weighted by molar-refractivity contribution is 7.52. The summed E-state index contributed by atoms with van der Waals surface area (Å²) in [6.07, 6.45) is 24.3. The number of aliphatic hydroxyl groups is 1. The third kappa shape index (κ3) is 16.9. The van der Waals surface area contributed by atoms with Crippen LogP contribution in [0.4, 0.5) is 10.2 Å². The summed E-state index contributed by atoms with van der Waals surface area (Å²) < 4.78 is 54.4. The predicted molar refractivity (Wildman–Crippen MR) is 246 cm³/mol. The molecule has 1 fully saturated rings. The summed E-state index contributed by atoms with van der Waals surface area (Å²) in [6, 6.07) is 16.7. The topological polar surface area (TPSA) is 173 Å². The number of nitrogens with zero attached hydrogens (tertiary/aromatic N) is 4. The number of hydrogen-bond donors (Lipinski definition) is 3. The molecule has 0 radical (unpaired) electrons. The Morgan fingerprint density at radius 3 is 1.98 bits per heavy atom. The highest BCUT2D eigenvalue weighted by Crippen LogP contribution is 2.48. The number of nitrogens with two attached hydrogens (primary N) is 1. The minimum Gasteiger partial charge on any atom is -0.465 e. The number of nitrogens with one attached hydrogen (secondary N) is 1. The summed E-state index contributed by atoms with van der Waals surface area (Å²) in [4.78, 5) is 25.3. The van der Waals surface area contributed by atoms with Crippen molar-refractivity contribution in [3.8, 4) is 5.75 Å². The van der Waals surface area contributed by atoms with E-state index in [0.29, 0.717) is 0 Å². The zero-order valence-corrected chi connectivity index (χ0v) is 38.5. The fourth-order valence-electron chi connectivity index (χ4n) is 8.08. The highest BCUT2D eigenvalue weighted by Gasteiger charge is 2.48. The Labute approximate surface area is 374 Å². The smallest absolute Gasteiger partial charge is 0.459 e. The maximum absolute atomic E-state index is 14.7. The molecule has 0 saturated carbocycles. The Morgan fingerprint density at radius 2 is 1.41 bits per heavy atom. The summed E-state index contributed by atoms with van der Waals surface area (Å²) in [7, 11) is -4.37. The molecule has 5 atom stereocenters. The van der Waals surface area contributed by atoms with Gasteiger partial charge in [0, 0.05) is 6.42 Å². The van der Waals surface area contributed by atoms with E-state index in [4.69, 9.17) is 24.3 Å². The number of aromatic nitrogens is 4. The molecule has 5 rings (SSSR count). The van der Waals surface area contributed by atoms with Gasteiger partial charge in [-0.2, -0.15) is 19.4 Å². The minimum atomic E-state index is -4.37. The largest absolute Gasteiger partial charge is 0.465 e. The van der Waals surface area contributed by atoms with Crippen molar-refractivity contribution >= 4 is 30.7 Å². The van der Waals surface area contributed by atoms with Gasteiger partial charge in [-0.25, -0.2) is 9.55 Å². The fraction of sp³-hybridized carbons (Fsp3) is 0.625. The molecule has 0 amide bonds. The molecule has 348 valence electrons. The number of fused-ring (bicyclic) bond motifs is 1. The van der Waals surface area contributed by atoms with Gasteiger partial charge in [0.2, 0.25) is 0 Å². The molecule has 0 spiro atoms. The van der Waals surface area contributed by atoms with Gasteiger partial charge >= 0.3 is 19.8 Å². The molecule has 1 aliphatic heterocycles. The molecule has 3 heterocycles. The molecule has 0 bridgehead atoms. The van der Waals surface area contributed by atoms with Crippen LogP contribution >= 0.6 is 7.75 Å². The van der Waals surface area contributed by atoms with Crippen molar-refractivity contribution in [2.75, 3.05) is 18.9 Å². The molecule has 0 aliphatic carbocycles. The molecular formula is C48H72FN6O7P. The normalized spacial score (nSPS) is 19.0. The van der Waals surface area contributed by atoms with E-state index in [1.165, 1.54) is 120 Å². The average Bonchev–Trinajstić information content (AvgIpc) is 3.83. The molecule has 15 heteroatoms. The number of hydrogen-bond acceptors (Lipinski definition) is 11. The maximum atomic E-state index is 14.7. The number of carbonyl (C=O) groups is 1. The van der Waals surface area contributed by atoms with E-state index in [0.717, 1.165) is 24.8 Å². The van der Waals surface area contributed by atoms with Crippen molar-refractivity contribution in [2.24, 2.45) is 0 Å². The number of benzene rings is 2. The van der Waals surface area contributed by atoms with Gasteiger partial charge in [-0.3, -0.25) is 13.9 Å². The zero-order valence-electron chi connectivity index (χ0n) is 37.6. The molecule has 2 aromatic carbocycles. The first-order chi connectivity index (χ1) is 30.6. The Hall–Kier alpha value is -3.94. The van der Waals surface area contributed by atoms with Crippen LogP contribution in [0.25, 0.3) is 11.2 Å². The molecule has 1 aliphatic rings. The summed E-state index contributed by atoms with van der Waals surface area (Å²) in [5, 5.41) is 14.1. The molecule has 1 saturated heterocycles. The third-order valence-electron chi connectivity index (χ3n) is 11.9. The number of unbranched alkanes of at least 4 members (excludes halogenated alkanes) is 19. The van der Waals surface area contributed by atoms with Gasteiger partial charge in [-0.15, -0.1) is 0 Å². The number of ether oxygens (including phenoxy) is 2. The lowest BCUT2D eigenvalue weighted by atomic mass is 10.0. The molecule has 63 heavy (non-hydrogen) atoms. The van der Waals surface area contributed by atoms with Crippen LogP contribution in [0.1, 0.15) is 160 Å². The van der Waals surface area contributed by atoms with E-state index < -0.39 is 50.4 Å². The van der Waals surface area contributed by atoms with Crippen molar-refractivity contribution in [2.45, 2.75) is 179 Å².